The molecule has 0 bridgehead atoms. The Bertz CT molecular complexity index is 353. The van der Waals surface area contributed by atoms with Crippen molar-refractivity contribution in [3.8, 4) is 5.88 Å². The van der Waals surface area contributed by atoms with Gasteiger partial charge < -0.3 is 9.64 Å². The van der Waals surface area contributed by atoms with Crippen LogP contribution >= 0.6 is 11.6 Å². The summed E-state index contributed by atoms with van der Waals surface area (Å²) in [6, 6.07) is 2.02. The van der Waals surface area contributed by atoms with Crippen LogP contribution in [-0.4, -0.2) is 37.1 Å². The summed E-state index contributed by atoms with van der Waals surface area (Å²) in [5.41, 5.74) is 3.10. The summed E-state index contributed by atoms with van der Waals surface area (Å²) < 4.78 is 5.66. The number of likely N-dealkylation sites (N-methyl/N-ethyl adjacent to an activating group) is 1. The minimum absolute atomic E-state index is 0.441. The molecular weight excluding hydrogens is 224 g/mol. The standard InChI is InChI=1S/C12H19ClN2O/c1-9-7-10(2)14-12(11(9)8-13)16-6-5-15(3)4/h7H,5-6,8H2,1-4H3. The molecule has 1 heterocycles. The largest absolute Gasteiger partial charge is 0.476 e. The van der Waals surface area contributed by atoms with E-state index in [-0.39, 0.29) is 0 Å². The smallest absolute Gasteiger partial charge is 0.218 e. The van der Waals surface area contributed by atoms with Crippen molar-refractivity contribution >= 4 is 11.6 Å². The van der Waals surface area contributed by atoms with Crippen LogP contribution < -0.4 is 4.74 Å². The lowest BCUT2D eigenvalue weighted by molar-refractivity contribution is 0.252. The molecule has 90 valence electrons. The molecular formula is C12H19ClN2O. The number of rotatable bonds is 5. The van der Waals surface area contributed by atoms with E-state index in [1.807, 2.05) is 34.0 Å². The van der Waals surface area contributed by atoms with Gasteiger partial charge in [-0.05, 0) is 39.6 Å². The lowest BCUT2D eigenvalue weighted by Crippen LogP contribution is -2.20. The molecule has 0 saturated carbocycles. The lowest BCUT2D eigenvalue weighted by Gasteiger charge is -2.14. The van der Waals surface area contributed by atoms with Gasteiger partial charge in [0.05, 0.1) is 5.88 Å². The first-order valence-electron chi connectivity index (χ1n) is 5.35. The van der Waals surface area contributed by atoms with E-state index in [2.05, 4.69) is 9.88 Å². The van der Waals surface area contributed by atoms with Gasteiger partial charge in [-0.15, -0.1) is 11.6 Å². The fourth-order valence-electron chi connectivity index (χ4n) is 1.44. The van der Waals surface area contributed by atoms with Gasteiger partial charge in [0, 0.05) is 17.8 Å². The Hall–Kier alpha value is -0.800. The summed E-state index contributed by atoms with van der Waals surface area (Å²) in [5, 5.41) is 0. The summed E-state index contributed by atoms with van der Waals surface area (Å²) in [6.45, 7) is 5.50. The van der Waals surface area contributed by atoms with Crippen LogP contribution in [0.15, 0.2) is 6.07 Å². The average Bonchev–Trinajstić information content (AvgIpc) is 2.16. The highest BCUT2D eigenvalue weighted by Crippen LogP contribution is 2.22. The van der Waals surface area contributed by atoms with Crippen molar-refractivity contribution in [2.45, 2.75) is 19.7 Å². The molecule has 4 heteroatoms. The van der Waals surface area contributed by atoms with E-state index in [9.17, 15) is 0 Å². The van der Waals surface area contributed by atoms with Gasteiger partial charge in [-0.25, -0.2) is 4.98 Å². The van der Waals surface area contributed by atoms with E-state index in [1.54, 1.807) is 0 Å². The molecule has 16 heavy (non-hydrogen) atoms. The van der Waals surface area contributed by atoms with Crippen molar-refractivity contribution < 1.29 is 4.74 Å². The molecule has 0 unspecified atom stereocenters. The number of ether oxygens (including phenoxy) is 1. The van der Waals surface area contributed by atoms with Gasteiger partial charge in [0.15, 0.2) is 0 Å². The summed E-state index contributed by atoms with van der Waals surface area (Å²) in [4.78, 5) is 6.45. The normalized spacial score (nSPS) is 10.9. The molecule has 3 nitrogen and oxygen atoms in total. The molecule has 0 aliphatic heterocycles. The third-order valence-corrected chi connectivity index (χ3v) is 2.62. The van der Waals surface area contributed by atoms with E-state index < -0.39 is 0 Å². The highest BCUT2D eigenvalue weighted by Gasteiger charge is 2.09. The quantitative estimate of drug-likeness (QED) is 0.742. The first-order valence-corrected chi connectivity index (χ1v) is 5.88. The minimum atomic E-state index is 0.441. The second-order valence-corrected chi connectivity index (χ2v) is 4.42. The summed E-state index contributed by atoms with van der Waals surface area (Å²) >= 11 is 5.90. The predicted molar refractivity (Wildman–Crippen MR) is 67.3 cm³/mol. The summed E-state index contributed by atoms with van der Waals surface area (Å²) in [5.74, 6) is 1.12. The summed E-state index contributed by atoms with van der Waals surface area (Å²) in [7, 11) is 4.03. The van der Waals surface area contributed by atoms with Crippen LogP contribution in [0.3, 0.4) is 0 Å². The molecule has 0 atom stereocenters. The van der Waals surface area contributed by atoms with Crippen LogP contribution in [0.25, 0.3) is 0 Å². The Morgan fingerprint density at radius 2 is 2.06 bits per heavy atom. The first-order chi connectivity index (χ1) is 7.54. The SMILES string of the molecule is Cc1cc(C)c(CCl)c(OCCN(C)C)n1. The second-order valence-electron chi connectivity index (χ2n) is 4.15. The third kappa shape index (κ3) is 3.65. The molecule has 0 N–H and O–H groups in total. The number of alkyl halides is 1. The topological polar surface area (TPSA) is 25.4 Å². The minimum Gasteiger partial charge on any atom is -0.476 e. The van der Waals surface area contributed by atoms with E-state index in [0.717, 1.165) is 23.4 Å². The van der Waals surface area contributed by atoms with Crippen LogP contribution in [-0.2, 0) is 5.88 Å². The Kier molecular flexibility index (Phi) is 5.03. The number of halogens is 1. The zero-order chi connectivity index (χ0) is 12.1. The highest BCUT2D eigenvalue weighted by atomic mass is 35.5. The zero-order valence-corrected chi connectivity index (χ0v) is 11.1. The molecule has 0 fully saturated rings. The van der Waals surface area contributed by atoms with Crippen LogP contribution in [0.2, 0.25) is 0 Å². The Labute approximate surface area is 102 Å². The molecule has 1 rings (SSSR count). The van der Waals surface area contributed by atoms with Crippen molar-refractivity contribution in [2.24, 2.45) is 0 Å². The molecule has 0 aliphatic carbocycles. The number of hydrogen-bond acceptors (Lipinski definition) is 3. The molecule has 0 spiro atoms. The number of nitrogens with zero attached hydrogens (tertiary/aromatic N) is 2. The Balaban J connectivity index is 2.77. The average molecular weight is 243 g/mol. The Morgan fingerprint density at radius 1 is 1.38 bits per heavy atom. The fraction of sp³-hybridized carbons (Fsp3) is 0.583. The fourth-order valence-corrected chi connectivity index (χ4v) is 1.76. The molecule has 0 aliphatic rings. The maximum absolute atomic E-state index is 5.90. The van der Waals surface area contributed by atoms with E-state index in [1.165, 1.54) is 0 Å². The van der Waals surface area contributed by atoms with Gasteiger partial charge in [-0.2, -0.15) is 0 Å². The van der Waals surface area contributed by atoms with Gasteiger partial charge in [0.1, 0.15) is 6.61 Å². The number of aromatic nitrogens is 1. The van der Waals surface area contributed by atoms with Crippen LogP contribution in [0.5, 0.6) is 5.88 Å². The predicted octanol–water partition coefficient (Wildman–Crippen LogP) is 2.38. The number of pyridine rings is 1. The third-order valence-electron chi connectivity index (χ3n) is 2.35. The van der Waals surface area contributed by atoms with Crippen LogP contribution in [0, 0.1) is 13.8 Å². The van der Waals surface area contributed by atoms with Crippen molar-refractivity contribution in [1.82, 2.24) is 9.88 Å². The van der Waals surface area contributed by atoms with Gasteiger partial charge in [-0.3, -0.25) is 0 Å². The van der Waals surface area contributed by atoms with Gasteiger partial charge >= 0.3 is 0 Å². The second kappa shape index (κ2) is 6.06. The zero-order valence-electron chi connectivity index (χ0n) is 10.4. The molecule has 0 saturated heterocycles. The van der Waals surface area contributed by atoms with Gasteiger partial charge in [0.25, 0.3) is 0 Å². The molecule has 1 aromatic rings. The Morgan fingerprint density at radius 3 is 2.62 bits per heavy atom. The first kappa shape index (κ1) is 13.3. The van der Waals surface area contributed by atoms with Crippen molar-refractivity contribution in [3.05, 3.63) is 22.9 Å². The maximum Gasteiger partial charge on any atom is 0.218 e. The summed E-state index contributed by atoms with van der Waals surface area (Å²) in [6.07, 6.45) is 0. The van der Waals surface area contributed by atoms with Gasteiger partial charge in [0.2, 0.25) is 5.88 Å². The van der Waals surface area contributed by atoms with Crippen LogP contribution in [0.1, 0.15) is 16.8 Å². The van der Waals surface area contributed by atoms with Crippen molar-refractivity contribution in [1.29, 1.82) is 0 Å². The molecule has 0 radical (unpaired) electrons. The van der Waals surface area contributed by atoms with Crippen molar-refractivity contribution in [2.75, 3.05) is 27.2 Å². The van der Waals surface area contributed by atoms with E-state index >= 15 is 0 Å². The molecule has 1 aromatic heterocycles. The molecule has 0 amide bonds. The molecule has 0 aromatic carbocycles. The highest BCUT2D eigenvalue weighted by molar-refractivity contribution is 6.17. The van der Waals surface area contributed by atoms with Gasteiger partial charge in [-0.1, -0.05) is 0 Å². The number of hydrogen-bond donors (Lipinski definition) is 0. The number of aryl methyl sites for hydroxylation is 2. The van der Waals surface area contributed by atoms with E-state index in [4.69, 9.17) is 16.3 Å². The monoisotopic (exact) mass is 242 g/mol. The maximum atomic E-state index is 5.90. The van der Waals surface area contributed by atoms with Crippen molar-refractivity contribution in [3.63, 3.8) is 0 Å². The lowest BCUT2D eigenvalue weighted by atomic mass is 10.1. The van der Waals surface area contributed by atoms with E-state index in [0.29, 0.717) is 18.4 Å². The van der Waals surface area contributed by atoms with Crippen LogP contribution in [0.4, 0.5) is 0 Å².